The third-order valence-corrected chi connectivity index (χ3v) is 4.35. The Labute approximate surface area is 133 Å². The van der Waals surface area contributed by atoms with Gasteiger partial charge in [-0.05, 0) is 24.1 Å². The van der Waals surface area contributed by atoms with Gasteiger partial charge in [-0.25, -0.2) is 0 Å². The summed E-state index contributed by atoms with van der Waals surface area (Å²) in [5, 5.41) is 1.11. The molecule has 0 saturated carbocycles. The minimum Gasteiger partial charge on any atom is -0.359 e. The zero-order valence-corrected chi connectivity index (χ0v) is 13.0. The van der Waals surface area contributed by atoms with Crippen molar-refractivity contribution in [3.05, 3.63) is 52.3 Å². The van der Waals surface area contributed by atoms with Crippen molar-refractivity contribution in [3.8, 4) is 11.1 Å². The van der Waals surface area contributed by atoms with E-state index >= 15 is 0 Å². The lowest BCUT2D eigenvalue weighted by Gasteiger charge is -2.04. The van der Waals surface area contributed by atoms with Crippen molar-refractivity contribution in [2.45, 2.75) is 12.8 Å². The number of pyridine rings is 1. The first-order valence-corrected chi connectivity index (χ1v) is 7.66. The Kier molecular flexibility index (Phi) is 4.15. The van der Waals surface area contributed by atoms with E-state index in [2.05, 4.69) is 21.8 Å². The van der Waals surface area contributed by atoms with Crippen LogP contribution in [0.1, 0.15) is 12.0 Å². The maximum Gasteiger partial charge on any atom is 0.0957 e. The van der Waals surface area contributed by atoms with Crippen molar-refractivity contribution in [2.24, 2.45) is 0 Å². The number of halogens is 2. The lowest BCUT2D eigenvalue weighted by Crippen LogP contribution is -2.50. The Morgan fingerprint density at radius 3 is 2.86 bits per heavy atom. The van der Waals surface area contributed by atoms with Crippen molar-refractivity contribution >= 4 is 34.2 Å². The van der Waals surface area contributed by atoms with Crippen LogP contribution in [0.25, 0.3) is 22.2 Å². The summed E-state index contributed by atoms with van der Waals surface area (Å²) < 4.78 is 0. The molecular formula is C16H16Cl2N3+. The molecule has 3 aromatic rings. The maximum absolute atomic E-state index is 6.30. The molecule has 3 nitrogen and oxygen atoms in total. The van der Waals surface area contributed by atoms with Gasteiger partial charge < -0.3 is 10.7 Å². The van der Waals surface area contributed by atoms with Gasteiger partial charge in [-0.1, -0.05) is 35.3 Å². The highest BCUT2D eigenvalue weighted by molar-refractivity contribution is 6.43. The first-order chi connectivity index (χ1) is 10.2. The molecule has 21 heavy (non-hydrogen) atoms. The monoisotopic (exact) mass is 320 g/mol. The van der Waals surface area contributed by atoms with E-state index in [-0.39, 0.29) is 0 Å². The average molecular weight is 321 g/mol. The number of rotatable bonds is 4. The fraction of sp³-hybridized carbons (Fsp3) is 0.188. The van der Waals surface area contributed by atoms with E-state index in [1.165, 1.54) is 5.56 Å². The number of benzene rings is 1. The molecule has 1 aromatic carbocycles. The van der Waals surface area contributed by atoms with Gasteiger partial charge in [0.05, 0.1) is 27.6 Å². The van der Waals surface area contributed by atoms with Crippen LogP contribution < -0.4 is 5.73 Å². The molecule has 3 rings (SSSR count). The SMILES string of the molecule is [NH3+]CCCc1cnc2c(-c3cccc(Cl)c3Cl)c[nH]c2c1. The van der Waals surface area contributed by atoms with Crippen LogP contribution in [0.5, 0.6) is 0 Å². The molecule has 4 N–H and O–H groups in total. The summed E-state index contributed by atoms with van der Waals surface area (Å²) in [5.41, 5.74) is 8.89. The van der Waals surface area contributed by atoms with Crippen molar-refractivity contribution in [1.29, 1.82) is 0 Å². The van der Waals surface area contributed by atoms with Gasteiger partial charge in [0.15, 0.2) is 0 Å². The summed E-state index contributed by atoms with van der Waals surface area (Å²) in [7, 11) is 0. The third kappa shape index (κ3) is 2.77. The number of aromatic amines is 1. The molecule has 0 aliphatic carbocycles. The molecule has 0 bridgehead atoms. The molecule has 2 aromatic heterocycles. The average Bonchev–Trinajstić information content (AvgIpc) is 2.91. The predicted molar refractivity (Wildman–Crippen MR) is 87.6 cm³/mol. The smallest absolute Gasteiger partial charge is 0.0957 e. The number of quaternary nitrogens is 1. The van der Waals surface area contributed by atoms with E-state index in [9.17, 15) is 0 Å². The number of H-pyrrole nitrogens is 1. The minimum atomic E-state index is 0.551. The Hall–Kier alpha value is -1.55. The van der Waals surface area contributed by atoms with Crippen LogP contribution in [0.2, 0.25) is 10.0 Å². The van der Waals surface area contributed by atoms with Gasteiger partial charge in [-0.15, -0.1) is 0 Å². The standard InChI is InChI=1S/C16H15Cl2N3/c17-13-5-1-4-11(15(13)18)12-9-20-14-7-10(3-2-6-19)8-21-16(12)14/h1,4-5,7-9,20H,2-3,6,19H2/p+1. The lowest BCUT2D eigenvalue weighted by molar-refractivity contribution is -0.368. The van der Waals surface area contributed by atoms with Gasteiger partial charge in [0.25, 0.3) is 0 Å². The first-order valence-electron chi connectivity index (χ1n) is 6.90. The molecule has 2 heterocycles. The molecule has 0 atom stereocenters. The molecule has 0 aliphatic heterocycles. The third-order valence-electron chi connectivity index (χ3n) is 3.53. The van der Waals surface area contributed by atoms with Gasteiger partial charge in [0, 0.05) is 29.9 Å². The van der Waals surface area contributed by atoms with E-state index in [0.717, 1.165) is 41.5 Å². The molecule has 0 aliphatic rings. The van der Waals surface area contributed by atoms with Gasteiger partial charge in [0.1, 0.15) is 0 Å². The van der Waals surface area contributed by atoms with Crippen LogP contribution in [-0.4, -0.2) is 16.5 Å². The van der Waals surface area contributed by atoms with Gasteiger partial charge in [-0.2, -0.15) is 0 Å². The maximum atomic E-state index is 6.30. The van der Waals surface area contributed by atoms with E-state index in [0.29, 0.717) is 10.0 Å². The van der Waals surface area contributed by atoms with Crippen LogP contribution in [0.3, 0.4) is 0 Å². The zero-order chi connectivity index (χ0) is 14.8. The van der Waals surface area contributed by atoms with Crippen LogP contribution >= 0.6 is 23.2 Å². The molecular weight excluding hydrogens is 305 g/mol. The number of nitrogens with one attached hydrogen (secondary N) is 1. The second-order valence-corrected chi connectivity index (χ2v) is 5.79. The highest BCUT2D eigenvalue weighted by Gasteiger charge is 2.12. The van der Waals surface area contributed by atoms with Crippen molar-refractivity contribution in [2.75, 3.05) is 6.54 Å². The molecule has 108 valence electrons. The molecule has 0 fully saturated rings. The van der Waals surface area contributed by atoms with E-state index < -0.39 is 0 Å². The molecule has 0 amide bonds. The highest BCUT2D eigenvalue weighted by Crippen LogP contribution is 2.36. The fourth-order valence-corrected chi connectivity index (χ4v) is 2.84. The number of hydrogen-bond acceptors (Lipinski definition) is 1. The van der Waals surface area contributed by atoms with Crippen LogP contribution in [0.4, 0.5) is 0 Å². The Bertz CT molecular complexity index is 780. The Morgan fingerprint density at radius 2 is 2.05 bits per heavy atom. The quantitative estimate of drug-likeness (QED) is 0.756. The van der Waals surface area contributed by atoms with Crippen molar-refractivity contribution < 1.29 is 5.73 Å². The largest absolute Gasteiger partial charge is 0.359 e. The number of aromatic nitrogens is 2. The summed E-state index contributed by atoms with van der Waals surface area (Å²) >= 11 is 12.4. The summed E-state index contributed by atoms with van der Waals surface area (Å²) in [5.74, 6) is 0. The van der Waals surface area contributed by atoms with E-state index in [1.54, 1.807) is 6.07 Å². The predicted octanol–water partition coefficient (Wildman–Crippen LogP) is 3.71. The summed E-state index contributed by atoms with van der Waals surface area (Å²) in [6, 6.07) is 7.77. The molecule has 0 spiro atoms. The fourth-order valence-electron chi connectivity index (χ4n) is 2.43. The summed E-state index contributed by atoms with van der Waals surface area (Å²) in [4.78, 5) is 7.86. The molecule has 0 saturated heterocycles. The molecule has 5 heteroatoms. The number of fused-ring (bicyclic) bond motifs is 1. The Balaban J connectivity index is 2.06. The number of aryl methyl sites for hydroxylation is 1. The van der Waals surface area contributed by atoms with E-state index in [4.69, 9.17) is 23.2 Å². The van der Waals surface area contributed by atoms with Crippen LogP contribution in [0, 0.1) is 0 Å². The van der Waals surface area contributed by atoms with Gasteiger partial charge in [-0.3, -0.25) is 4.98 Å². The summed E-state index contributed by atoms with van der Waals surface area (Å²) in [6.07, 6.45) is 5.92. The second-order valence-electron chi connectivity index (χ2n) is 5.00. The molecule has 0 unspecified atom stereocenters. The number of hydrogen-bond donors (Lipinski definition) is 2. The first kappa shape index (κ1) is 14.4. The van der Waals surface area contributed by atoms with Gasteiger partial charge >= 0.3 is 0 Å². The lowest BCUT2D eigenvalue weighted by atomic mass is 10.1. The topological polar surface area (TPSA) is 56.3 Å². The minimum absolute atomic E-state index is 0.551. The van der Waals surface area contributed by atoms with E-state index in [1.807, 2.05) is 24.5 Å². The van der Waals surface area contributed by atoms with Crippen molar-refractivity contribution in [3.63, 3.8) is 0 Å². The summed E-state index contributed by atoms with van der Waals surface area (Å²) in [6.45, 7) is 0.937. The van der Waals surface area contributed by atoms with Crippen LogP contribution in [-0.2, 0) is 6.42 Å². The molecule has 0 radical (unpaired) electrons. The normalized spacial score (nSPS) is 11.2. The number of nitrogens with zero attached hydrogens (tertiary/aromatic N) is 1. The Morgan fingerprint density at radius 1 is 1.19 bits per heavy atom. The van der Waals surface area contributed by atoms with Crippen molar-refractivity contribution in [1.82, 2.24) is 9.97 Å². The van der Waals surface area contributed by atoms with Crippen LogP contribution in [0.15, 0.2) is 36.7 Å². The zero-order valence-electron chi connectivity index (χ0n) is 11.5. The second kappa shape index (κ2) is 6.06. The highest BCUT2D eigenvalue weighted by atomic mass is 35.5. The van der Waals surface area contributed by atoms with Gasteiger partial charge in [0.2, 0.25) is 0 Å².